The molecular formula is C17H17N3O5. The lowest BCUT2D eigenvalue weighted by Crippen LogP contribution is -2.36. The molecule has 8 heteroatoms. The number of para-hydroxylation sites is 1. The number of hydrazine groups is 1. The Hall–Kier alpha value is -3.55. The molecule has 2 N–H and O–H groups in total. The molecular weight excluding hydrogens is 326 g/mol. The van der Waals surface area contributed by atoms with E-state index in [1.807, 2.05) is 0 Å². The molecule has 0 spiro atoms. The number of rotatable bonds is 7. The van der Waals surface area contributed by atoms with E-state index in [0.717, 1.165) is 0 Å². The van der Waals surface area contributed by atoms with Crippen LogP contribution in [0, 0.1) is 10.1 Å². The summed E-state index contributed by atoms with van der Waals surface area (Å²) in [7, 11) is 3.03. The molecule has 0 aliphatic carbocycles. The number of benzene rings is 2. The van der Waals surface area contributed by atoms with E-state index in [4.69, 9.17) is 9.47 Å². The first kappa shape index (κ1) is 17.8. The smallest absolute Gasteiger partial charge is 0.282 e. The van der Waals surface area contributed by atoms with Crippen molar-refractivity contribution in [3.8, 4) is 11.5 Å². The van der Waals surface area contributed by atoms with Gasteiger partial charge in [-0.2, -0.15) is 0 Å². The highest BCUT2D eigenvalue weighted by Crippen LogP contribution is 2.28. The molecule has 0 fully saturated rings. The zero-order chi connectivity index (χ0) is 18.4. The Labute approximate surface area is 144 Å². The number of ether oxygens (including phenoxy) is 2. The minimum absolute atomic E-state index is 0.0607. The monoisotopic (exact) mass is 343 g/mol. The van der Waals surface area contributed by atoms with Crippen molar-refractivity contribution in [2.45, 2.75) is 0 Å². The van der Waals surface area contributed by atoms with Crippen molar-refractivity contribution in [2.24, 2.45) is 0 Å². The Kier molecular flexibility index (Phi) is 5.57. The number of carbonyl (C=O) groups excluding carboxylic acids is 1. The number of nitrogens with zero attached hydrogens (tertiary/aromatic N) is 1. The second kappa shape index (κ2) is 7.82. The van der Waals surface area contributed by atoms with Crippen LogP contribution in [0.5, 0.6) is 11.5 Å². The van der Waals surface area contributed by atoms with Crippen LogP contribution in [0.3, 0.4) is 0 Å². The Morgan fingerprint density at radius 1 is 1.08 bits per heavy atom. The summed E-state index contributed by atoms with van der Waals surface area (Å²) in [6, 6.07) is 10.8. The molecule has 2 aromatic carbocycles. The van der Waals surface area contributed by atoms with Gasteiger partial charge in [0.2, 0.25) is 0 Å². The number of nitrogens with one attached hydrogen (secondary N) is 2. The first-order valence-corrected chi connectivity index (χ1v) is 7.19. The van der Waals surface area contributed by atoms with Gasteiger partial charge in [-0.15, -0.1) is 0 Å². The fourth-order valence-corrected chi connectivity index (χ4v) is 2.14. The van der Waals surface area contributed by atoms with Gasteiger partial charge in [-0.05, 0) is 18.2 Å². The average molecular weight is 343 g/mol. The molecule has 2 rings (SSSR count). The zero-order valence-corrected chi connectivity index (χ0v) is 13.7. The molecule has 0 atom stereocenters. The number of hydrogen-bond acceptors (Lipinski definition) is 6. The van der Waals surface area contributed by atoms with Crippen LogP contribution in [0.1, 0.15) is 15.9 Å². The number of hydrogen-bond donors (Lipinski definition) is 2. The average Bonchev–Trinajstić information content (AvgIpc) is 2.65. The van der Waals surface area contributed by atoms with Crippen LogP contribution in [-0.2, 0) is 0 Å². The van der Waals surface area contributed by atoms with Crippen molar-refractivity contribution < 1.29 is 19.2 Å². The molecule has 0 heterocycles. The highest BCUT2D eigenvalue weighted by atomic mass is 16.6. The molecule has 8 nitrogen and oxygen atoms in total. The Morgan fingerprint density at radius 2 is 1.80 bits per heavy atom. The van der Waals surface area contributed by atoms with Crippen LogP contribution >= 0.6 is 0 Å². The maximum Gasteiger partial charge on any atom is 0.282 e. The Balaban J connectivity index is 2.13. The number of nitro benzene ring substituents is 1. The van der Waals surface area contributed by atoms with Crippen molar-refractivity contribution in [1.29, 1.82) is 0 Å². The van der Waals surface area contributed by atoms with Gasteiger partial charge in [0.15, 0.2) is 0 Å². The second-order valence-corrected chi connectivity index (χ2v) is 4.90. The standard InChI is InChI=1S/C17H17N3O5/c1-11(13-9-8-12(24-2)10-16(13)25-3)18-19-17(21)14-6-4-5-7-15(14)20(22)23/h4-10,18H,1H2,2-3H3,(H,19,21). The lowest BCUT2D eigenvalue weighted by molar-refractivity contribution is -0.385. The number of carbonyl (C=O) groups is 1. The lowest BCUT2D eigenvalue weighted by atomic mass is 10.1. The van der Waals surface area contributed by atoms with Gasteiger partial charge in [0.25, 0.3) is 11.6 Å². The van der Waals surface area contributed by atoms with E-state index >= 15 is 0 Å². The largest absolute Gasteiger partial charge is 0.497 e. The first-order valence-electron chi connectivity index (χ1n) is 7.19. The molecule has 25 heavy (non-hydrogen) atoms. The van der Waals surface area contributed by atoms with Crippen LogP contribution in [-0.4, -0.2) is 25.1 Å². The highest BCUT2D eigenvalue weighted by molar-refractivity contribution is 5.98. The van der Waals surface area contributed by atoms with Gasteiger partial charge in [-0.1, -0.05) is 18.7 Å². The molecule has 0 saturated heterocycles. The van der Waals surface area contributed by atoms with E-state index in [9.17, 15) is 14.9 Å². The summed E-state index contributed by atoms with van der Waals surface area (Å²) >= 11 is 0. The Bertz CT molecular complexity index is 820. The topological polar surface area (TPSA) is 103 Å². The van der Waals surface area contributed by atoms with E-state index in [-0.39, 0.29) is 11.3 Å². The Morgan fingerprint density at radius 3 is 2.44 bits per heavy atom. The summed E-state index contributed by atoms with van der Waals surface area (Å²) in [4.78, 5) is 22.6. The van der Waals surface area contributed by atoms with Crippen molar-refractivity contribution in [2.75, 3.05) is 14.2 Å². The molecule has 0 bridgehead atoms. The fourth-order valence-electron chi connectivity index (χ4n) is 2.14. The summed E-state index contributed by atoms with van der Waals surface area (Å²) in [5.41, 5.74) is 5.64. The van der Waals surface area contributed by atoms with Crippen LogP contribution in [0.25, 0.3) is 5.70 Å². The maximum atomic E-state index is 12.2. The lowest BCUT2D eigenvalue weighted by Gasteiger charge is -2.15. The number of amides is 1. The van der Waals surface area contributed by atoms with Gasteiger partial charge in [0, 0.05) is 17.7 Å². The van der Waals surface area contributed by atoms with Crippen LogP contribution in [0.15, 0.2) is 49.0 Å². The van der Waals surface area contributed by atoms with E-state index in [0.29, 0.717) is 22.8 Å². The van der Waals surface area contributed by atoms with Gasteiger partial charge in [-0.25, -0.2) is 0 Å². The van der Waals surface area contributed by atoms with Gasteiger partial charge < -0.3 is 9.47 Å². The highest BCUT2D eigenvalue weighted by Gasteiger charge is 2.19. The van der Waals surface area contributed by atoms with Crippen molar-refractivity contribution in [1.82, 2.24) is 10.9 Å². The molecule has 0 aromatic heterocycles. The number of nitro groups is 1. The van der Waals surface area contributed by atoms with Gasteiger partial charge in [-0.3, -0.25) is 25.8 Å². The third kappa shape index (κ3) is 4.05. The van der Waals surface area contributed by atoms with E-state index in [1.165, 1.54) is 32.4 Å². The minimum Gasteiger partial charge on any atom is -0.497 e. The summed E-state index contributed by atoms with van der Waals surface area (Å²) in [6.07, 6.45) is 0. The summed E-state index contributed by atoms with van der Waals surface area (Å²) in [6.45, 7) is 3.83. The van der Waals surface area contributed by atoms with E-state index in [2.05, 4.69) is 17.4 Å². The minimum atomic E-state index is -0.652. The molecule has 0 saturated carbocycles. The van der Waals surface area contributed by atoms with Crippen molar-refractivity contribution >= 4 is 17.3 Å². The zero-order valence-electron chi connectivity index (χ0n) is 13.7. The van der Waals surface area contributed by atoms with E-state index < -0.39 is 10.8 Å². The molecule has 130 valence electrons. The van der Waals surface area contributed by atoms with E-state index in [1.54, 1.807) is 24.3 Å². The van der Waals surface area contributed by atoms with Crippen molar-refractivity contribution in [3.63, 3.8) is 0 Å². The molecule has 2 aromatic rings. The molecule has 0 radical (unpaired) electrons. The quantitative estimate of drug-likeness (QED) is 0.591. The van der Waals surface area contributed by atoms with Gasteiger partial charge >= 0.3 is 0 Å². The normalized spacial score (nSPS) is 9.84. The third-order valence-electron chi connectivity index (χ3n) is 3.41. The summed E-state index contributed by atoms with van der Waals surface area (Å²) in [5.74, 6) is 0.454. The molecule has 1 amide bonds. The first-order chi connectivity index (χ1) is 12.0. The second-order valence-electron chi connectivity index (χ2n) is 4.90. The van der Waals surface area contributed by atoms with Gasteiger partial charge in [0.1, 0.15) is 17.1 Å². The summed E-state index contributed by atoms with van der Waals surface area (Å²) in [5, 5.41) is 11.0. The summed E-state index contributed by atoms with van der Waals surface area (Å²) < 4.78 is 10.4. The third-order valence-corrected chi connectivity index (χ3v) is 3.41. The predicted octanol–water partition coefficient (Wildman–Crippen LogP) is 2.52. The maximum absolute atomic E-state index is 12.2. The fraction of sp³-hybridized carbons (Fsp3) is 0.118. The van der Waals surface area contributed by atoms with Gasteiger partial charge in [0.05, 0.1) is 24.8 Å². The van der Waals surface area contributed by atoms with Crippen LogP contribution in [0.4, 0.5) is 5.69 Å². The number of methoxy groups -OCH3 is 2. The SMILES string of the molecule is C=C(NNC(=O)c1ccccc1[N+](=O)[O-])c1ccc(OC)cc1OC. The van der Waals surface area contributed by atoms with Crippen LogP contribution < -0.4 is 20.3 Å². The van der Waals surface area contributed by atoms with Crippen molar-refractivity contribution in [3.05, 3.63) is 70.3 Å². The predicted molar refractivity (Wildman–Crippen MR) is 92.3 cm³/mol. The molecule has 0 aliphatic heterocycles. The molecule has 0 aliphatic rings. The van der Waals surface area contributed by atoms with Crippen LogP contribution in [0.2, 0.25) is 0 Å². The molecule has 0 unspecified atom stereocenters.